The van der Waals surface area contributed by atoms with Crippen LogP contribution in [0.4, 0.5) is 0 Å². The number of carbonyl (C=O) groups is 1. The van der Waals surface area contributed by atoms with E-state index in [0.717, 1.165) is 72.5 Å². The summed E-state index contributed by atoms with van der Waals surface area (Å²) in [6, 6.07) is 7.61. The molecule has 0 spiro atoms. The number of carbonyl (C=O) groups excluding carboxylic acids is 1. The molecular formula is C25H33N5O4. The first-order valence-corrected chi connectivity index (χ1v) is 11.6. The zero-order chi connectivity index (χ0) is 24.1. The van der Waals surface area contributed by atoms with Gasteiger partial charge in [-0.1, -0.05) is 0 Å². The number of nitrogens with one attached hydrogen (secondary N) is 1. The van der Waals surface area contributed by atoms with E-state index >= 15 is 0 Å². The Bertz CT molecular complexity index is 1150. The molecule has 9 heteroatoms. The van der Waals surface area contributed by atoms with Gasteiger partial charge in [0.1, 0.15) is 11.5 Å². The van der Waals surface area contributed by atoms with Crippen LogP contribution in [0.25, 0.3) is 16.9 Å². The molecule has 1 aromatic carbocycles. The quantitative estimate of drug-likeness (QED) is 0.517. The second-order valence-electron chi connectivity index (χ2n) is 8.43. The third kappa shape index (κ3) is 5.31. The van der Waals surface area contributed by atoms with Crippen molar-refractivity contribution in [1.82, 2.24) is 24.8 Å². The predicted octanol–water partition coefficient (Wildman–Crippen LogP) is 2.41. The largest absolute Gasteiger partial charge is 0.497 e. The van der Waals surface area contributed by atoms with Crippen LogP contribution in [-0.4, -0.2) is 79.0 Å². The molecule has 1 N–H and O–H groups in total. The van der Waals surface area contributed by atoms with Gasteiger partial charge in [0.2, 0.25) is 5.91 Å². The lowest BCUT2D eigenvalue weighted by Crippen LogP contribution is -2.41. The van der Waals surface area contributed by atoms with Gasteiger partial charge in [-0.3, -0.25) is 9.69 Å². The molecule has 9 nitrogen and oxygen atoms in total. The van der Waals surface area contributed by atoms with Gasteiger partial charge in [0, 0.05) is 61.7 Å². The van der Waals surface area contributed by atoms with Crippen molar-refractivity contribution in [2.45, 2.75) is 26.7 Å². The van der Waals surface area contributed by atoms with E-state index in [-0.39, 0.29) is 5.91 Å². The molecule has 1 saturated heterocycles. The summed E-state index contributed by atoms with van der Waals surface area (Å²) in [6.07, 6.45) is 1.03. The third-order valence-electron chi connectivity index (χ3n) is 6.30. The molecule has 4 rings (SSSR count). The molecule has 0 radical (unpaired) electrons. The number of aromatic nitrogens is 3. The van der Waals surface area contributed by atoms with Gasteiger partial charge in [-0.2, -0.15) is 5.10 Å². The number of methoxy groups -OCH3 is 2. The van der Waals surface area contributed by atoms with Gasteiger partial charge < -0.3 is 19.5 Å². The predicted molar refractivity (Wildman–Crippen MR) is 130 cm³/mol. The first-order chi connectivity index (χ1) is 16.5. The Labute approximate surface area is 200 Å². The monoisotopic (exact) mass is 467 g/mol. The maximum Gasteiger partial charge on any atom is 0.220 e. The van der Waals surface area contributed by atoms with E-state index in [0.29, 0.717) is 25.1 Å². The Balaban J connectivity index is 1.45. The zero-order valence-corrected chi connectivity index (χ0v) is 20.4. The second-order valence-corrected chi connectivity index (χ2v) is 8.43. The maximum absolute atomic E-state index is 12.4. The first kappa shape index (κ1) is 24.0. The Morgan fingerprint density at radius 1 is 1.15 bits per heavy atom. The summed E-state index contributed by atoms with van der Waals surface area (Å²) in [7, 11) is 3.26. The lowest BCUT2D eigenvalue weighted by molar-refractivity contribution is -0.121. The molecule has 0 saturated carbocycles. The number of hydrogen-bond donors (Lipinski definition) is 1. The zero-order valence-electron chi connectivity index (χ0n) is 20.4. The van der Waals surface area contributed by atoms with Crippen LogP contribution in [0, 0.1) is 13.8 Å². The average Bonchev–Trinajstić information content (AvgIpc) is 3.28. The third-order valence-corrected chi connectivity index (χ3v) is 6.30. The number of hydrogen-bond acceptors (Lipinski definition) is 7. The highest BCUT2D eigenvalue weighted by Gasteiger charge is 2.17. The molecule has 0 aliphatic carbocycles. The number of ether oxygens (including phenoxy) is 3. The summed E-state index contributed by atoms with van der Waals surface area (Å²) in [5.74, 6) is 1.46. The van der Waals surface area contributed by atoms with E-state index in [9.17, 15) is 4.79 Å². The highest BCUT2D eigenvalue weighted by Crippen LogP contribution is 2.33. The van der Waals surface area contributed by atoms with Gasteiger partial charge in [0.15, 0.2) is 5.65 Å². The molecule has 182 valence electrons. The van der Waals surface area contributed by atoms with Crippen molar-refractivity contribution in [3.63, 3.8) is 0 Å². The molecule has 1 amide bonds. The SMILES string of the molecule is COc1ccc(-c2cc3nc(C)c(CCC(=O)NCCN4CCOCC4)c(C)n3n2)c(OC)c1. The Morgan fingerprint density at radius 3 is 2.68 bits per heavy atom. The van der Waals surface area contributed by atoms with Crippen molar-refractivity contribution in [1.29, 1.82) is 0 Å². The molecule has 34 heavy (non-hydrogen) atoms. The maximum atomic E-state index is 12.4. The van der Waals surface area contributed by atoms with Gasteiger partial charge in [0.25, 0.3) is 0 Å². The summed E-state index contributed by atoms with van der Waals surface area (Å²) in [6.45, 7) is 8.90. The highest BCUT2D eigenvalue weighted by molar-refractivity contribution is 5.76. The number of amides is 1. The average molecular weight is 468 g/mol. The van der Waals surface area contributed by atoms with Crippen molar-refractivity contribution < 1.29 is 19.0 Å². The second kappa shape index (κ2) is 10.8. The minimum absolute atomic E-state index is 0.0521. The molecule has 0 unspecified atom stereocenters. The Hall–Kier alpha value is -3.17. The van der Waals surface area contributed by atoms with Crippen molar-refractivity contribution in [3.05, 3.63) is 41.2 Å². The molecule has 2 aromatic heterocycles. The lowest BCUT2D eigenvalue weighted by atomic mass is 10.1. The van der Waals surface area contributed by atoms with Crippen LogP contribution in [0.3, 0.4) is 0 Å². The van der Waals surface area contributed by atoms with Crippen LogP contribution >= 0.6 is 0 Å². The van der Waals surface area contributed by atoms with Crippen molar-refractivity contribution >= 4 is 11.6 Å². The van der Waals surface area contributed by atoms with Gasteiger partial charge in [0.05, 0.1) is 33.1 Å². The number of morpholine rings is 1. The van der Waals surface area contributed by atoms with Gasteiger partial charge >= 0.3 is 0 Å². The number of nitrogens with zero attached hydrogens (tertiary/aromatic N) is 4. The molecule has 3 heterocycles. The van der Waals surface area contributed by atoms with Gasteiger partial charge in [-0.05, 0) is 38.0 Å². The Morgan fingerprint density at radius 2 is 1.94 bits per heavy atom. The van der Waals surface area contributed by atoms with Gasteiger partial charge in [-0.25, -0.2) is 9.50 Å². The normalized spacial score (nSPS) is 14.4. The molecule has 0 bridgehead atoms. The van der Waals surface area contributed by atoms with Crippen LogP contribution in [0.15, 0.2) is 24.3 Å². The molecular weight excluding hydrogens is 434 g/mol. The molecule has 1 aliphatic rings. The van der Waals surface area contributed by atoms with Gasteiger partial charge in [-0.15, -0.1) is 0 Å². The topological polar surface area (TPSA) is 90.2 Å². The summed E-state index contributed by atoms with van der Waals surface area (Å²) < 4.78 is 18.1. The summed E-state index contributed by atoms with van der Waals surface area (Å²) >= 11 is 0. The van der Waals surface area contributed by atoms with Crippen LogP contribution in [0.2, 0.25) is 0 Å². The summed E-state index contributed by atoms with van der Waals surface area (Å²) in [4.78, 5) is 19.5. The van der Waals surface area contributed by atoms with Crippen molar-refractivity contribution in [2.75, 3.05) is 53.6 Å². The van der Waals surface area contributed by atoms with Crippen LogP contribution in [-0.2, 0) is 16.0 Å². The van der Waals surface area contributed by atoms with E-state index < -0.39 is 0 Å². The van der Waals surface area contributed by atoms with Crippen molar-refractivity contribution in [2.24, 2.45) is 0 Å². The Kier molecular flexibility index (Phi) is 7.64. The number of aryl methyl sites for hydroxylation is 2. The van der Waals surface area contributed by atoms with E-state index in [4.69, 9.17) is 24.3 Å². The number of benzene rings is 1. The van der Waals surface area contributed by atoms with Crippen molar-refractivity contribution in [3.8, 4) is 22.8 Å². The number of rotatable bonds is 9. The fourth-order valence-corrected chi connectivity index (χ4v) is 4.34. The van der Waals surface area contributed by atoms with Crippen LogP contribution in [0.1, 0.15) is 23.4 Å². The minimum Gasteiger partial charge on any atom is -0.497 e. The minimum atomic E-state index is 0.0521. The molecule has 1 fully saturated rings. The van der Waals surface area contributed by atoms with E-state index in [1.807, 2.05) is 42.6 Å². The molecule has 0 atom stereocenters. The van der Waals surface area contributed by atoms with E-state index in [1.165, 1.54) is 0 Å². The van der Waals surface area contributed by atoms with E-state index in [1.54, 1.807) is 14.2 Å². The lowest BCUT2D eigenvalue weighted by Gasteiger charge is -2.26. The summed E-state index contributed by atoms with van der Waals surface area (Å²) in [5.41, 5.74) is 5.36. The summed E-state index contributed by atoms with van der Waals surface area (Å²) in [5, 5.41) is 7.83. The highest BCUT2D eigenvalue weighted by atomic mass is 16.5. The smallest absolute Gasteiger partial charge is 0.220 e. The fourth-order valence-electron chi connectivity index (χ4n) is 4.34. The van der Waals surface area contributed by atoms with E-state index in [2.05, 4.69) is 10.2 Å². The van der Waals surface area contributed by atoms with Crippen LogP contribution in [0.5, 0.6) is 11.5 Å². The molecule has 3 aromatic rings. The standard InChI is InChI=1S/C25H33N5O4/c1-17-20(7-8-25(31)26-9-10-29-11-13-34-14-12-29)18(2)30-24(27-17)16-22(28-30)21-6-5-19(32-3)15-23(21)33-4/h5-6,15-16H,7-14H2,1-4H3,(H,26,31). The molecule has 1 aliphatic heterocycles. The number of fused-ring (bicyclic) bond motifs is 1. The fraction of sp³-hybridized carbons (Fsp3) is 0.480. The van der Waals surface area contributed by atoms with Crippen LogP contribution < -0.4 is 14.8 Å². The first-order valence-electron chi connectivity index (χ1n) is 11.6.